The first kappa shape index (κ1) is 12.8. The lowest BCUT2D eigenvalue weighted by Gasteiger charge is -2.27. The molecule has 0 bridgehead atoms. The minimum absolute atomic E-state index is 0.234. The van der Waals surface area contributed by atoms with Gasteiger partial charge in [-0.15, -0.1) is 0 Å². The van der Waals surface area contributed by atoms with E-state index in [0.717, 1.165) is 25.3 Å². The molecule has 5 heteroatoms. The zero-order valence-electron chi connectivity index (χ0n) is 11.3. The number of nitrogens with zero attached hydrogens (tertiary/aromatic N) is 4. The molecule has 0 spiro atoms. The molecule has 0 saturated carbocycles. The molecule has 0 saturated heterocycles. The first-order valence-electron chi connectivity index (χ1n) is 6.22. The second-order valence-electron chi connectivity index (χ2n) is 4.94. The molecule has 1 aromatic heterocycles. The van der Waals surface area contributed by atoms with Gasteiger partial charge in [0, 0.05) is 25.0 Å². The number of aryl methyl sites for hydroxylation is 1. The van der Waals surface area contributed by atoms with Gasteiger partial charge in [-0.2, -0.15) is 0 Å². The van der Waals surface area contributed by atoms with Crippen molar-refractivity contribution < 1.29 is 0 Å². The third-order valence-corrected chi connectivity index (χ3v) is 3.20. The van der Waals surface area contributed by atoms with Gasteiger partial charge in [0.05, 0.1) is 12.6 Å². The van der Waals surface area contributed by atoms with Crippen LogP contribution in [-0.4, -0.2) is 54.5 Å². The fourth-order valence-corrected chi connectivity index (χ4v) is 2.07. The van der Waals surface area contributed by atoms with Gasteiger partial charge < -0.3 is 15.5 Å². The quantitative estimate of drug-likeness (QED) is 0.847. The molecule has 0 amide bonds. The predicted octanol–water partition coefficient (Wildman–Crippen LogP) is 0.623. The van der Waals surface area contributed by atoms with Crippen molar-refractivity contribution in [1.29, 1.82) is 0 Å². The first-order valence-corrected chi connectivity index (χ1v) is 6.22. The molecule has 1 aliphatic rings. The zero-order valence-corrected chi connectivity index (χ0v) is 11.3. The number of hydrogen-bond acceptors (Lipinski definition) is 5. The van der Waals surface area contributed by atoms with Crippen LogP contribution in [0.5, 0.6) is 0 Å². The molecule has 0 radical (unpaired) electrons. The van der Waals surface area contributed by atoms with Gasteiger partial charge in [-0.05, 0) is 32.6 Å². The number of likely N-dealkylation sites (N-methyl/N-ethyl adjacent to an activating group) is 1. The van der Waals surface area contributed by atoms with Crippen molar-refractivity contribution in [3.8, 4) is 0 Å². The molecular weight excluding hydrogens is 226 g/mol. The Bertz CT molecular complexity index is 424. The highest BCUT2D eigenvalue weighted by atomic mass is 15.3. The maximum absolute atomic E-state index is 5.96. The summed E-state index contributed by atoms with van der Waals surface area (Å²) in [4.78, 5) is 13.0. The number of aromatic nitrogens is 1. The van der Waals surface area contributed by atoms with E-state index in [1.165, 1.54) is 5.56 Å². The van der Waals surface area contributed by atoms with E-state index in [9.17, 15) is 0 Å². The summed E-state index contributed by atoms with van der Waals surface area (Å²) in [7, 11) is 4.12. The number of nitrogens with two attached hydrogens (primary N) is 1. The summed E-state index contributed by atoms with van der Waals surface area (Å²) in [6, 6.07) is 4.38. The fourth-order valence-electron chi connectivity index (χ4n) is 2.07. The van der Waals surface area contributed by atoms with E-state index in [1.807, 2.05) is 19.2 Å². The molecule has 1 aliphatic heterocycles. The molecule has 2 N–H and O–H groups in total. The lowest BCUT2D eigenvalue weighted by atomic mass is 10.1. The Morgan fingerprint density at radius 3 is 2.83 bits per heavy atom. The maximum Gasteiger partial charge on any atom is 0.191 e. The minimum Gasteiger partial charge on any atom is -0.370 e. The van der Waals surface area contributed by atoms with Gasteiger partial charge in [-0.25, -0.2) is 0 Å². The van der Waals surface area contributed by atoms with Crippen LogP contribution in [0.1, 0.15) is 17.3 Å². The largest absolute Gasteiger partial charge is 0.370 e. The number of hydrogen-bond donors (Lipinski definition) is 1. The third kappa shape index (κ3) is 2.79. The van der Waals surface area contributed by atoms with Crippen molar-refractivity contribution in [2.45, 2.75) is 13.0 Å². The summed E-state index contributed by atoms with van der Waals surface area (Å²) in [6.07, 6.45) is 1.93. The lowest BCUT2D eigenvalue weighted by molar-refractivity contribution is 0.293. The van der Waals surface area contributed by atoms with Crippen LogP contribution in [0.4, 0.5) is 0 Å². The molecule has 2 heterocycles. The van der Waals surface area contributed by atoms with Gasteiger partial charge in [0.1, 0.15) is 0 Å². The van der Waals surface area contributed by atoms with E-state index >= 15 is 0 Å². The molecule has 18 heavy (non-hydrogen) atoms. The van der Waals surface area contributed by atoms with Crippen molar-refractivity contribution in [3.05, 3.63) is 29.6 Å². The second kappa shape index (κ2) is 5.35. The van der Waals surface area contributed by atoms with Gasteiger partial charge in [0.15, 0.2) is 5.96 Å². The van der Waals surface area contributed by atoms with E-state index in [4.69, 9.17) is 5.73 Å². The summed E-state index contributed by atoms with van der Waals surface area (Å²) in [5, 5.41) is 0. The van der Waals surface area contributed by atoms with Gasteiger partial charge in [0.25, 0.3) is 0 Å². The zero-order chi connectivity index (χ0) is 13.1. The van der Waals surface area contributed by atoms with Crippen LogP contribution in [0.25, 0.3) is 0 Å². The normalized spacial score (nSPS) is 19.4. The fraction of sp³-hybridized carbons (Fsp3) is 0.538. The van der Waals surface area contributed by atoms with Crippen LogP contribution in [0.15, 0.2) is 23.3 Å². The van der Waals surface area contributed by atoms with Gasteiger partial charge in [-0.1, -0.05) is 6.07 Å². The smallest absolute Gasteiger partial charge is 0.191 e. The maximum atomic E-state index is 5.96. The van der Waals surface area contributed by atoms with E-state index in [-0.39, 0.29) is 6.04 Å². The molecule has 1 unspecified atom stereocenters. The Morgan fingerprint density at radius 2 is 2.22 bits per heavy atom. The molecule has 1 atom stereocenters. The van der Waals surface area contributed by atoms with Gasteiger partial charge in [-0.3, -0.25) is 9.98 Å². The molecule has 1 aromatic rings. The standard InChI is InChI=1S/C13H21N5/c1-10-4-5-11(8-15-10)12-9-16-13(14)18(12)7-6-17(2)3/h4-5,8,12H,6-7,9H2,1-3H3,(H2,14,16). The molecule has 0 aromatic carbocycles. The molecule has 0 aliphatic carbocycles. The van der Waals surface area contributed by atoms with E-state index in [1.54, 1.807) is 0 Å². The predicted molar refractivity (Wildman–Crippen MR) is 73.5 cm³/mol. The monoisotopic (exact) mass is 247 g/mol. The van der Waals surface area contributed by atoms with E-state index < -0.39 is 0 Å². The average molecular weight is 247 g/mol. The van der Waals surface area contributed by atoms with Crippen molar-refractivity contribution in [2.24, 2.45) is 10.7 Å². The Kier molecular flexibility index (Phi) is 3.81. The highest BCUT2D eigenvalue weighted by Gasteiger charge is 2.27. The van der Waals surface area contributed by atoms with Gasteiger partial charge in [0.2, 0.25) is 0 Å². The summed E-state index contributed by atoms with van der Waals surface area (Å²) in [6.45, 7) is 4.57. The van der Waals surface area contributed by atoms with Crippen LogP contribution in [0, 0.1) is 6.92 Å². The van der Waals surface area contributed by atoms with Gasteiger partial charge >= 0.3 is 0 Å². The summed E-state index contributed by atoms with van der Waals surface area (Å²) in [5.41, 5.74) is 8.18. The van der Waals surface area contributed by atoms with Crippen LogP contribution in [-0.2, 0) is 0 Å². The number of pyridine rings is 1. The van der Waals surface area contributed by atoms with Crippen molar-refractivity contribution in [2.75, 3.05) is 33.7 Å². The second-order valence-corrected chi connectivity index (χ2v) is 4.94. The topological polar surface area (TPSA) is 57.8 Å². The molecule has 0 fully saturated rings. The van der Waals surface area contributed by atoms with Crippen molar-refractivity contribution in [3.63, 3.8) is 0 Å². The first-order chi connectivity index (χ1) is 8.58. The molecule has 2 rings (SSSR count). The number of aliphatic imine (C=N–C) groups is 1. The Morgan fingerprint density at radius 1 is 1.44 bits per heavy atom. The minimum atomic E-state index is 0.234. The molecule has 5 nitrogen and oxygen atoms in total. The lowest BCUT2D eigenvalue weighted by Crippen LogP contribution is -2.40. The summed E-state index contributed by atoms with van der Waals surface area (Å²) < 4.78 is 0. The Labute approximate surface area is 108 Å². The highest BCUT2D eigenvalue weighted by Crippen LogP contribution is 2.24. The molecule has 98 valence electrons. The summed E-state index contributed by atoms with van der Waals surface area (Å²) in [5.74, 6) is 0.641. The van der Waals surface area contributed by atoms with Crippen molar-refractivity contribution in [1.82, 2.24) is 14.8 Å². The third-order valence-electron chi connectivity index (χ3n) is 3.20. The van der Waals surface area contributed by atoms with E-state index in [0.29, 0.717) is 5.96 Å². The average Bonchev–Trinajstić information content (AvgIpc) is 2.69. The van der Waals surface area contributed by atoms with Crippen molar-refractivity contribution >= 4 is 5.96 Å². The Hall–Kier alpha value is -1.62. The Balaban J connectivity index is 2.10. The van der Waals surface area contributed by atoms with Crippen LogP contribution < -0.4 is 5.73 Å². The van der Waals surface area contributed by atoms with Crippen LogP contribution in [0.2, 0.25) is 0 Å². The SMILES string of the molecule is Cc1ccc(C2CN=C(N)N2CCN(C)C)cn1. The van der Waals surface area contributed by atoms with E-state index in [2.05, 4.69) is 39.9 Å². The highest BCUT2D eigenvalue weighted by molar-refractivity contribution is 5.80. The van der Waals surface area contributed by atoms with Crippen LogP contribution in [0.3, 0.4) is 0 Å². The number of guanidine groups is 1. The van der Waals surface area contributed by atoms with Crippen LogP contribution >= 0.6 is 0 Å². The summed E-state index contributed by atoms with van der Waals surface area (Å²) >= 11 is 0. The number of rotatable bonds is 4. The molecular formula is C13H21N5.